The third kappa shape index (κ3) is 5.84. The zero-order valence-electron chi connectivity index (χ0n) is 18.2. The number of aromatic nitrogens is 3. The average molecular weight is 470 g/mol. The van der Waals surface area contributed by atoms with Gasteiger partial charge in [-0.05, 0) is 43.0 Å². The van der Waals surface area contributed by atoms with Gasteiger partial charge in [0.25, 0.3) is 0 Å². The van der Waals surface area contributed by atoms with E-state index in [1.54, 1.807) is 11.8 Å². The number of hydrogen-bond donors (Lipinski definition) is 2. The highest BCUT2D eigenvalue weighted by Gasteiger charge is 2.19. The van der Waals surface area contributed by atoms with Gasteiger partial charge in [0.05, 0.1) is 12.2 Å². The number of halogens is 1. The first-order valence-electron chi connectivity index (χ1n) is 11.0. The molecule has 3 aromatic rings. The van der Waals surface area contributed by atoms with E-state index in [9.17, 15) is 4.79 Å². The van der Waals surface area contributed by atoms with E-state index in [1.807, 2.05) is 47.9 Å². The van der Waals surface area contributed by atoms with Crippen LogP contribution < -0.4 is 10.6 Å². The first-order valence-corrected chi connectivity index (χ1v) is 12.4. The van der Waals surface area contributed by atoms with Gasteiger partial charge in [0, 0.05) is 16.8 Å². The van der Waals surface area contributed by atoms with Gasteiger partial charge in [-0.2, -0.15) is 0 Å². The number of urea groups is 1. The Balaban J connectivity index is 1.52. The average Bonchev–Trinajstić information content (AvgIpc) is 3.22. The number of carbonyl (C=O) groups is 1. The number of thioether (sulfide) groups is 1. The molecule has 1 heterocycles. The standard InChI is InChI=1S/C24H28ClN5OS/c1-17-12-13-19(25)14-21(17)30-22(15-26-23(31)27-20-10-6-3-7-11-20)28-29-24(30)32-16-18-8-4-2-5-9-18/h2,4-5,8-9,12-14,20H,3,6-7,10-11,15-16H2,1H3,(H2,26,27,31). The van der Waals surface area contributed by atoms with E-state index in [4.69, 9.17) is 11.6 Å². The summed E-state index contributed by atoms with van der Waals surface area (Å²) in [5.74, 6) is 1.44. The van der Waals surface area contributed by atoms with E-state index in [0.717, 1.165) is 35.0 Å². The minimum absolute atomic E-state index is 0.159. The quantitative estimate of drug-likeness (QED) is 0.438. The van der Waals surface area contributed by atoms with Gasteiger partial charge in [-0.15, -0.1) is 10.2 Å². The van der Waals surface area contributed by atoms with Gasteiger partial charge in [0.2, 0.25) is 0 Å². The maximum atomic E-state index is 12.5. The predicted molar refractivity (Wildman–Crippen MR) is 129 cm³/mol. The molecule has 32 heavy (non-hydrogen) atoms. The third-order valence-electron chi connectivity index (χ3n) is 5.67. The summed E-state index contributed by atoms with van der Waals surface area (Å²) in [6.07, 6.45) is 5.70. The molecule has 2 aromatic carbocycles. The molecule has 1 fully saturated rings. The summed E-state index contributed by atoms with van der Waals surface area (Å²) >= 11 is 7.92. The van der Waals surface area contributed by atoms with Gasteiger partial charge < -0.3 is 10.6 Å². The Hall–Kier alpha value is -2.51. The Morgan fingerprint density at radius 3 is 2.69 bits per heavy atom. The second kappa shape index (κ2) is 10.9. The van der Waals surface area contributed by atoms with Gasteiger partial charge in [-0.3, -0.25) is 4.57 Å². The maximum absolute atomic E-state index is 12.5. The zero-order chi connectivity index (χ0) is 22.3. The molecule has 0 spiro atoms. The summed E-state index contributed by atoms with van der Waals surface area (Å²) < 4.78 is 2.00. The maximum Gasteiger partial charge on any atom is 0.315 e. The molecular formula is C24H28ClN5OS. The van der Waals surface area contributed by atoms with Crippen LogP contribution in [0.3, 0.4) is 0 Å². The van der Waals surface area contributed by atoms with E-state index in [0.29, 0.717) is 10.8 Å². The van der Waals surface area contributed by atoms with Crippen molar-refractivity contribution in [2.75, 3.05) is 0 Å². The van der Waals surface area contributed by atoms with Crippen LogP contribution in [-0.4, -0.2) is 26.8 Å². The zero-order valence-corrected chi connectivity index (χ0v) is 19.8. The SMILES string of the molecule is Cc1ccc(Cl)cc1-n1c(CNC(=O)NC2CCCCC2)nnc1SCc1ccccc1. The molecule has 1 aromatic heterocycles. The van der Waals surface area contributed by atoms with E-state index < -0.39 is 0 Å². The molecule has 0 bridgehead atoms. The van der Waals surface area contributed by atoms with Crippen molar-refractivity contribution in [1.29, 1.82) is 0 Å². The van der Waals surface area contributed by atoms with Crippen LogP contribution in [0.2, 0.25) is 5.02 Å². The molecule has 168 valence electrons. The molecule has 0 atom stereocenters. The highest BCUT2D eigenvalue weighted by Crippen LogP contribution is 2.28. The Labute approximate surface area is 198 Å². The summed E-state index contributed by atoms with van der Waals surface area (Å²) in [7, 11) is 0. The summed E-state index contributed by atoms with van der Waals surface area (Å²) in [5.41, 5.74) is 3.19. The van der Waals surface area contributed by atoms with Crippen molar-refractivity contribution >= 4 is 29.4 Å². The molecule has 0 radical (unpaired) electrons. The fourth-order valence-corrected chi connectivity index (χ4v) is 5.02. The number of rotatable bonds is 7. The van der Waals surface area contributed by atoms with E-state index >= 15 is 0 Å². The van der Waals surface area contributed by atoms with Gasteiger partial charge in [0.15, 0.2) is 11.0 Å². The molecule has 1 aliphatic carbocycles. The Bertz CT molecular complexity index is 1050. The van der Waals surface area contributed by atoms with Crippen molar-refractivity contribution in [3.8, 4) is 5.69 Å². The van der Waals surface area contributed by atoms with Crippen molar-refractivity contribution in [2.24, 2.45) is 0 Å². The number of nitrogens with one attached hydrogen (secondary N) is 2. The van der Waals surface area contributed by atoms with E-state index in [2.05, 4.69) is 33.0 Å². The Morgan fingerprint density at radius 1 is 1.12 bits per heavy atom. The number of nitrogens with zero attached hydrogens (tertiary/aromatic N) is 3. The number of carbonyl (C=O) groups excluding carboxylic acids is 1. The second-order valence-electron chi connectivity index (χ2n) is 8.10. The van der Waals surface area contributed by atoms with E-state index in [1.165, 1.54) is 24.8 Å². The predicted octanol–water partition coefficient (Wildman–Crippen LogP) is 5.65. The summed E-state index contributed by atoms with van der Waals surface area (Å²) in [6.45, 7) is 2.31. The van der Waals surface area contributed by atoms with Crippen molar-refractivity contribution in [3.63, 3.8) is 0 Å². The normalized spacial score (nSPS) is 14.3. The van der Waals surface area contributed by atoms with Crippen molar-refractivity contribution in [3.05, 3.63) is 70.5 Å². The minimum Gasteiger partial charge on any atom is -0.335 e. The number of hydrogen-bond acceptors (Lipinski definition) is 4. The Morgan fingerprint density at radius 2 is 1.91 bits per heavy atom. The van der Waals surface area contributed by atoms with Crippen molar-refractivity contribution < 1.29 is 4.79 Å². The van der Waals surface area contributed by atoms with Crippen LogP contribution in [0, 0.1) is 6.92 Å². The first-order chi connectivity index (χ1) is 15.6. The summed E-state index contributed by atoms with van der Waals surface area (Å²) in [4.78, 5) is 12.5. The molecule has 2 amide bonds. The fraction of sp³-hybridized carbons (Fsp3) is 0.375. The summed E-state index contributed by atoms with van der Waals surface area (Å²) in [5, 5.41) is 16.3. The number of aryl methyl sites for hydroxylation is 1. The molecule has 0 saturated heterocycles. The van der Waals surface area contributed by atoms with Crippen LogP contribution in [0.15, 0.2) is 53.7 Å². The number of benzene rings is 2. The Kier molecular flexibility index (Phi) is 7.71. The molecule has 1 saturated carbocycles. The van der Waals surface area contributed by atoms with Crippen LogP contribution in [-0.2, 0) is 12.3 Å². The van der Waals surface area contributed by atoms with Gasteiger partial charge in [0.1, 0.15) is 0 Å². The van der Waals surface area contributed by atoms with Crippen LogP contribution >= 0.6 is 23.4 Å². The highest BCUT2D eigenvalue weighted by atomic mass is 35.5. The lowest BCUT2D eigenvalue weighted by Crippen LogP contribution is -2.42. The number of amides is 2. The smallest absolute Gasteiger partial charge is 0.315 e. The highest BCUT2D eigenvalue weighted by molar-refractivity contribution is 7.98. The lowest BCUT2D eigenvalue weighted by molar-refractivity contribution is 0.232. The van der Waals surface area contributed by atoms with Gasteiger partial charge >= 0.3 is 6.03 Å². The summed E-state index contributed by atoms with van der Waals surface area (Å²) in [6, 6.07) is 16.1. The molecule has 4 rings (SSSR count). The largest absolute Gasteiger partial charge is 0.335 e. The van der Waals surface area contributed by atoms with Crippen LogP contribution in [0.5, 0.6) is 0 Å². The molecule has 1 aliphatic rings. The molecule has 0 aliphatic heterocycles. The van der Waals surface area contributed by atoms with Gasteiger partial charge in [-0.25, -0.2) is 4.79 Å². The van der Waals surface area contributed by atoms with Crippen LogP contribution in [0.25, 0.3) is 5.69 Å². The van der Waals surface area contributed by atoms with Crippen molar-refractivity contribution in [2.45, 2.75) is 62.5 Å². The second-order valence-corrected chi connectivity index (χ2v) is 9.48. The van der Waals surface area contributed by atoms with E-state index in [-0.39, 0.29) is 18.6 Å². The lowest BCUT2D eigenvalue weighted by Gasteiger charge is -2.22. The fourth-order valence-electron chi connectivity index (χ4n) is 3.94. The molecule has 6 nitrogen and oxygen atoms in total. The third-order valence-corrected chi connectivity index (χ3v) is 6.91. The molecule has 2 N–H and O–H groups in total. The topological polar surface area (TPSA) is 71.8 Å². The molecule has 0 unspecified atom stereocenters. The minimum atomic E-state index is -0.159. The lowest BCUT2D eigenvalue weighted by atomic mass is 9.96. The van der Waals surface area contributed by atoms with Gasteiger partial charge in [-0.1, -0.05) is 79.0 Å². The molecule has 8 heteroatoms. The van der Waals surface area contributed by atoms with Crippen molar-refractivity contribution in [1.82, 2.24) is 25.4 Å². The molecular weight excluding hydrogens is 442 g/mol. The van der Waals surface area contributed by atoms with Crippen LogP contribution in [0.1, 0.15) is 49.1 Å². The van der Waals surface area contributed by atoms with Crippen LogP contribution in [0.4, 0.5) is 4.79 Å². The monoisotopic (exact) mass is 469 g/mol. The first kappa shape index (κ1) is 22.7.